The number of aromatic nitrogens is 1. The van der Waals surface area contributed by atoms with Crippen LogP contribution in [0.3, 0.4) is 0 Å². The van der Waals surface area contributed by atoms with Crippen LogP contribution in [0, 0.1) is 11.6 Å². The predicted octanol–water partition coefficient (Wildman–Crippen LogP) is 7.32. The Balaban J connectivity index is 1.42. The van der Waals surface area contributed by atoms with Crippen molar-refractivity contribution in [3.05, 3.63) is 75.1 Å². The Morgan fingerprint density at radius 2 is 1.74 bits per heavy atom. The van der Waals surface area contributed by atoms with Crippen molar-refractivity contribution >= 4 is 56.2 Å². The Morgan fingerprint density at radius 1 is 1.02 bits per heavy atom. The molecule has 2 aromatic carbocycles. The van der Waals surface area contributed by atoms with Crippen molar-refractivity contribution in [3.8, 4) is 10.6 Å². The standard InChI is InChI=1S/C31H33ClF2N4O2S2/c1-36(2)15-13-25(39)37(3)21-7-9-22(10-8-21)38(18-19-5-4-6-20(17-19)30-35-14-16-41-30)31(40)29-27(32)26-23(33)11-12-24(34)28(26)42-29/h4-6,11-12,14,16-17,21-22H,7-10,13,15,18H2,1-3H3. The molecule has 222 valence electrons. The fourth-order valence-corrected chi connectivity index (χ4v) is 7.69. The van der Waals surface area contributed by atoms with Gasteiger partial charge in [0.2, 0.25) is 5.91 Å². The summed E-state index contributed by atoms with van der Waals surface area (Å²) in [5.41, 5.74) is 1.88. The van der Waals surface area contributed by atoms with Gasteiger partial charge in [0.15, 0.2) is 0 Å². The smallest absolute Gasteiger partial charge is 0.266 e. The topological polar surface area (TPSA) is 56.8 Å². The molecule has 4 aromatic rings. The van der Waals surface area contributed by atoms with Crippen LogP contribution in [0.15, 0.2) is 48.0 Å². The molecule has 42 heavy (non-hydrogen) atoms. The molecule has 1 aliphatic rings. The predicted molar refractivity (Wildman–Crippen MR) is 166 cm³/mol. The molecular formula is C31H33ClF2N4O2S2. The van der Waals surface area contributed by atoms with Crippen molar-refractivity contribution < 1.29 is 18.4 Å². The van der Waals surface area contributed by atoms with E-state index in [1.54, 1.807) is 11.1 Å². The van der Waals surface area contributed by atoms with E-state index in [1.807, 2.05) is 60.6 Å². The molecule has 2 aromatic heterocycles. The average molecular weight is 631 g/mol. The maximum Gasteiger partial charge on any atom is 0.266 e. The third kappa shape index (κ3) is 6.51. The molecule has 2 heterocycles. The summed E-state index contributed by atoms with van der Waals surface area (Å²) < 4.78 is 29.3. The van der Waals surface area contributed by atoms with Crippen LogP contribution in [0.2, 0.25) is 5.02 Å². The molecule has 0 spiro atoms. The molecule has 0 aliphatic heterocycles. The molecule has 0 N–H and O–H groups in total. The molecule has 1 saturated carbocycles. The van der Waals surface area contributed by atoms with Gasteiger partial charge in [-0.15, -0.1) is 22.7 Å². The number of amides is 2. The minimum absolute atomic E-state index is 0.0376. The number of carbonyl (C=O) groups is 2. The molecule has 0 radical (unpaired) electrons. The van der Waals surface area contributed by atoms with Crippen molar-refractivity contribution in [1.29, 1.82) is 0 Å². The molecule has 5 rings (SSSR count). The van der Waals surface area contributed by atoms with E-state index in [0.717, 1.165) is 52.4 Å². The number of thiazole rings is 1. The van der Waals surface area contributed by atoms with E-state index in [-0.39, 0.29) is 43.9 Å². The minimum atomic E-state index is -0.656. The summed E-state index contributed by atoms with van der Waals surface area (Å²) in [7, 11) is 5.75. The van der Waals surface area contributed by atoms with E-state index in [1.165, 1.54) is 11.3 Å². The molecule has 2 amide bonds. The van der Waals surface area contributed by atoms with Crippen LogP contribution in [-0.2, 0) is 11.3 Å². The van der Waals surface area contributed by atoms with Gasteiger partial charge >= 0.3 is 0 Å². The number of benzene rings is 2. The first-order valence-corrected chi connectivity index (χ1v) is 16.0. The highest BCUT2D eigenvalue weighted by Gasteiger charge is 2.34. The van der Waals surface area contributed by atoms with E-state index in [2.05, 4.69) is 4.98 Å². The molecule has 11 heteroatoms. The molecular weight excluding hydrogens is 598 g/mol. The first-order valence-electron chi connectivity index (χ1n) is 13.9. The second-order valence-corrected chi connectivity index (χ2v) is 13.3. The van der Waals surface area contributed by atoms with Crippen molar-refractivity contribution in [1.82, 2.24) is 19.7 Å². The normalized spacial score (nSPS) is 17.1. The summed E-state index contributed by atoms with van der Waals surface area (Å²) >= 11 is 8.99. The van der Waals surface area contributed by atoms with Crippen molar-refractivity contribution in [2.45, 2.75) is 50.7 Å². The van der Waals surface area contributed by atoms with Gasteiger partial charge in [0.25, 0.3) is 5.91 Å². The number of thiophene rings is 1. The van der Waals surface area contributed by atoms with E-state index in [0.29, 0.717) is 32.4 Å². The molecule has 1 aliphatic carbocycles. The third-order valence-corrected chi connectivity index (χ3v) is 10.4. The molecule has 0 saturated heterocycles. The average Bonchev–Trinajstić information content (AvgIpc) is 3.65. The first-order chi connectivity index (χ1) is 20.1. The fourth-order valence-electron chi connectivity index (χ4n) is 5.55. The summed E-state index contributed by atoms with van der Waals surface area (Å²) in [4.78, 5) is 37.1. The van der Waals surface area contributed by atoms with Gasteiger partial charge < -0.3 is 14.7 Å². The molecule has 0 bridgehead atoms. The highest BCUT2D eigenvalue weighted by Crippen LogP contribution is 2.40. The van der Waals surface area contributed by atoms with E-state index < -0.39 is 11.6 Å². The molecule has 0 atom stereocenters. The summed E-state index contributed by atoms with van der Waals surface area (Å²) in [5, 5.41) is 2.69. The monoisotopic (exact) mass is 630 g/mol. The lowest BCUT2D eigenvalue weighted by Crippen LogP contribution is -2.46. The zero-order valence-electron chi connectivity index (χ0n) is 23.8. The summed E-state index contributed by atoms with van der Waals surface area (Å²) in [6.07, 6.45) is 5.10. The fraction of sp³-hybridized carbons (Fsp3) is 0.387. The van der Waals surface area contributed by atoms with Crippen LogP contribution in [0.5, 0.6) is 0 Å². The number of fused-ring (bicyclic) bond motifs is 1. The third-order valence-electron chi connectivity index (χ3n) is 7.92. The number of hydrogen-bond acceptors (Lipinski definition) is 6. The summed E-state index contributed by atoms with van der Waals surface area (Å²) in [6.45, 7) is 0.999. The van der Waals surface area contributed by atoms with Crippen LogP contribution in [-0.4, -0.2) is 71.3 Å². The van der Waals surface area contributed by atoms with Crippen LogP contribution in [0.25, 0.3) is 20.7 Å². The lowest BCUT2D eigenvalue weighted by Gasteiger charge is -2.40. The van der Waals surface area contributed by atoms with Gasteiger partial charge in [0.1, 0.15) is 21.5 Å². The Kier molecular flexibility index (Phi) is 9.57. The Labute approximate surface area is 257 Å². The minimum Gasteiger partial charge on any atom is -0.343 e. The van der Waals surface area contributed by atoms with Gasteiger partial charge in [0.05, 0.1) is 15.1 Å². The van der Waals surface area contributed by atoms with Crippen molar-refractivity contribution in [3.63, 3.8) is 0 Å². The maximum atomic E-state index is 14.7. The second kappa shape index (κ2) is 13.2. The van der Waals surface area contributed by atoms with Gasteiger partial charge in [-0.1, -0.05) is 29.8 Å². The zero-order valence-corrected chi connectivity index (χ0v) is 26.2. The Hall–Kier alpha value is -2.92. The van der Waals surface area contributed by atoms with Gasteiger partial charge in [-0.3, -0.25) is 9.59 Å². The maximum absolute atomic E-state index is 14.7. The van der Waals surface area contributed by atoms with Crippen molar-refractivity contribution in [2.24, 2.45) is 0 Å². The number of halogens is 3. The van der Waals surface area contributed by atoms with E-state index in [9.17, 15) is 18.4 Å². The highest BCUT2D eigenvalue weighted by atomic mass is 35.5. The van der Waals surface area contributed by atoms with Crippen molar-refractivity contribution in [2.75, 3.05) is 27.7 Å². The summed E-state index contributed by atoms with van der Waals surface area (Å²) in [5.74, 6) is -1.50. The SMILES string of the molecule is CN(C)CCC(=O)N(C)C1CCC(N(Cc2cccc(-c3nccs3)c2)C(=O)c2sc3c(F)ccc(F)c3c2Cl)CC1. The summed E-state index contributed by atoms with van der Waals surface area (Å²) in [6, 6.07) is 9.96. The van der Waals surface area contributed by atoms with Crippen LogP contribution >= 0.6 is 34.3 Å². The quantitative estimate of drug-likeness (QED) is 0.194. The first kappa shape index (κ1) is 30.5. The van der Waals surface area contributed by atoms with Gasteiger partial charge in [0, 0.05) is 55.8 Å². The largest absolute Gasteiger partial charge is 0.343 e. The van der Waals surface area contributed by atoms with Gasteiger partial charge in [-0.05, 0) is 63.5 Å². The van der Waals surface area contributed by atoms with Crippen LogP contribution < -0.4 is 0 Å². The lowest BCUT2D eigenvalue weighted by molar-refractivity contribution is -0.133. The number of carbonyl (C=O) groups excluding carboxylic acids is 2. The number of hydrogen-bond donors (Lipinski definition) is 0. The molecule has 1 fully saturated rings. The second-order valence-electron chi connectivity index (χ2n) is 11.0. The van der Waals surface area contributed by atoms with E-state index >= 15 is 0 Å². The zero-order chi connectivity index (χ0) is 30.0. The lowest BCUT2D eigenvalue weighted by atomic mass is 9.88. The highest BCUT2D eigenvalue weighted by molar-refractivity contribution is 7.21. The van der Waals surface area contributed by atoms with Crippen LogP contribution in [0.4, 0.5) is 8.78 Å². The number of nitrogens with zero attached hydrogens (tertiary/aromatic N) is 4. The van der Waals surface area contributed by atoms with E-state index in [4.69, 9.17) is 11.6 Å². The Morgan fingerprint density at radius 3 is 2.40 bits per heavy atom. The van der Waals surface area contributed by atoms with Crippen LogP contribution in [0.1, 0.15) is 47.3 Å². The number of rotatable bonds is 9. The molecule has 0 unspecified atom stereocenters. The van der Waals surface area contributed by atoms with Gasteiger partial charge in [-0.25, -0.2) is 13.8 Å². The van der Waals surface area contributed by atoms with Gasteiger partial charge in [-0.2, -0.15) is 0 Å². The molecule has 6 nitrogen and oxygen atoms in total. The Bertz CT molecular complexity index is 1570.